The van der Waals surface area contributed by atoms with Crippen LogP contribution in [0.3, 0.4) is 0 Å². The summed E-state index contributed by atoms with van der Waals surface area (Å²) in [6, 6.07) is 25.0. The number of aliphatic imine (C=N–C) groups is 1. The van der Waals surface area contributed by atoms with E-state index < -0.39 is 5.91 Å². The standard InChI is InChI=1S/C31H30N4O5/c1-19-10-13-24(34-31(32)35-30(37)22-16-26(38-2)29(40-4)27(17-22)39-3)18-25(19)33-23-14-11-21(12-15-23)28(36)20-8-6-5-7-9-20/h5-18,33H,1-4H3,(H3,32,34,35,37). The normalized spacial score (nSPS) is 10.9. The first-order valence-electron chi connectivity index (χ1n) is 12.4. The van der Waals surface area contributed by atoms with E-state index in [1.807, 2.05) is 49.4 Å². The molecular weight excluding hydrogens is 508 g/mol. The van der Waals surface area contributed by atoms with E-state index >= 15 is 0 Å². The van der Waals surface area contributed by atoms with Gasteiger partial charge in [-0.25, -0.2) is 4.99 Å². The third-order valence-electron chi connectivity index (χ3n) is 6.10. The van der Waals surface area contributed by atoms with Gasteiger partial charge in [0.1, 0.15) is 0 Å². The predicted molar refractivity (Wildman–Crippen MR) is 156 cm³/mol. The molecule has 4 aromatic rings. The van der Waals surface area contributed by atoms with Crippen LogP contribution in [0.25, 0.3) is 0 Å². The van der Waals surface area contributed by atoms with E-state index in [0.717, 1.165) is 16.9 Å². The van der Waals surface area contributed by atoms with Crippen molar-refractivity contribution >= 4 is 34.7 Å². The largest absolute Gasteiger partial charge is 0.493 e. The second-order valence-corrected chi connectivity index (χ2v) is 8.76. The van der Waals surface area contributed by atoms with Gasteiger partial charge in [0.15, 0.2) is 17.3 Å². The molecule has 0 bridgehead atoms. The Labute approximate surface area is 232 Å². The molecule has 0 aliphatic carbocycles. The number of hydrogen-bond acceptors (Lipinski definition) is 7. The van der Waals surface area contributed by atoms with E-state index in [-0.39, 0.29) is 17.3 Å². The zero-order valence-corrected chi connectivity index (χ0v) is 22.6. The summed E-state index contributed by atoms with van der Waals surface area (Å²) in [5.41, 5.74) is 10.7. The lowest BCUT2D eigenvalue weighted by Gasteiger charge is -2.14. The van der Waals surface area contributed by atoms with E-state index in [9.17, 15) is 9.59 Å². The van der Waals surface area contributed by atoms with Gasteiger partial charge in [-0.15, -0.1) is 0 Å². The van der Waals surface area contributed by atoms with Crippen molar-refractivity contribution in [2.45, 2.75) is 6.92 Å². The molecule has 0 saturated carbocycles. The molecule has 0 atom stereocenters. The summed E-state index contributed by atoms with van der Waals surface area (Å²) in [6.45, 7) is 1.96. The molecule has 4 N–H and O–H groups in total. The van der Waals surface area contributed by atoms with Gasteiger partial charge in [0.2, 0.25) is 11.7 Å². The maximum absolute atomic E-state index is 12.8. The van der Waals surface area contributed by atoms with Crippen LogP contribution in [-0.4, -0.2) is 39.0 Å². The Morgan fingerprint density at radius 1 is 0.750 bits per heavy atom. The Bertz CT molecular complexity index is 1530. The summed E-state index contributed by atoms with van der Waals surface area (Å²) in [5.74, 6) is 0.445. The van der Waals surface area contributed by atoms with Crippen LogP contribution in [0.1, 0.15) is 31.8 Å². The average molecular weight is 539 g/mol. The average Bonchev–Trinajstić information content (AvgIpc) is 2.98. The number of ether oxygens (including phenoxy) is 3. The molecule has 0 aliphatic rings. The molecule has 0 radical (unpaired) electrons. The Kier molecular flexibility index (Phi) is 8.65. The van der Waals surface area contributed by atoms with Crippen molar-refractivity contribution in [1.29, 1.82) is 0 Å². The van der Waals surface area contributed by atoms with Gasteiger partial charge in [-0.05, 0) is 61.0 Å². The number of nitrogens with two attached hydrogens (primary N) is 1. The summed E-state index contributed by atoms with van der Waals surface area (Å²) in [4.78, 5) is 29.9. The Morgan fingerprint density at radius 3 is 1.98 bits per heavy atom. The molecule has 0 fully saturated rings. The second-order valence-electron chi connectivity index (χ2n) is 8.76. The highest BCUT2D eigenvalue weighted by molar-refractivity contribution is 6.09. The van der Waals surface area contributed by atoms with Gasteiger partial charge in [0.05, 0.1) is 27.0 Å². The summed E-state index contributed by atoms with van der Waals surface area (Å²) in [6.07, 6.45) is 0. The lowest BCUT2D eigenvalue weighted by Crippen LogP contribution is -2.36. The zero-order chi connectivity index (χ0) is 28.6. The van der Waals surface area contributed by atoms with Crippen LogP contribution in [0.15, 0.2) is 89.9 Å². The number of hydrogen-bond donors (Lipinski definition) is 3. The number of ketones is 1. The van der Waals surface area contributed by atoms with Crippen molar-refractivity contribution in [1.82, 2.24) is 5.32 Å². The number of benzene rings is 4. The summed E-state index contributed by atoms with van der Waals surface area (Å²) >= 11 is 0. The van der Waals surface area contributed by atoms with Gasteiger partial charge < -0.3 is 25.3 Å². The number of carbonyl (C=O) groups is 2. The molecular formula is C31H30N4O5. The minimum atomic E-state index is -0.490. The van der Waals surface area contributed by atoms with Crippen LogP contribution in [0.5, 0.6) is 17.2 Å². The summed E-state index contributed by atoms with van der Waals surface area (Å²) in [7, 11) is 4.42. The summed E-state index contributed by atoms with van der Waals surface area (Å²) < 4.78 is 15.9. The lowest BCUT2D eigenvalue weighted by molar-refractivity contribution is 0.0974. The lowest BCUT2D eigenvalue weighted by atomic mass is 10.0. The van der Waals surface area contributed by atoms with Crippen LogP contribution < -0.4 is 30.6 Å². The fraction of sp³-hybridized carbons (Fsp3) is 0.129. The Hall–Kier alpha value is -5.31. The van der Waals surface area contributed by atoms with Crippen LogP contribution in [0.4, 0.5) is 17.1 Å². The quantitative estimate of drug-likeness (QED) is 0.149. The van der Waals surface area contributed by atoms with E-state index in [1.54, 1.807) is 30.3 Å². The van der Waals surface area contributed by atoms with Gasteiger partial charge >= 0.3 is 0 Å². The highest BCUT2D eigenvalue weighted by Gasteiger charge is 2.17. The number of aryl methyl sites for hydroxylation is 1. The highest BCUT2D eigenvalue weighted by Crippen LogP contribution is 2.38. The van der Waals surface area contributed by atoms with E-state index in [4.69, 9.17) is 19.9 Å². The van der Waals surface area contributed by atoms with Crippen LogP contribution >= 0.6 is 0 Å². The fourth-order valence-electron chi connectivity index (χ4n) is 4.00. The molecule has 9 nitrogen and oxygen atoms in total. The number of nitrogens with zero attached hydrogens (tertiary/aromatic N) is 1. The van der Waals surface area contributed by atoms with Crippen LogP contribution in [-0.2, 0) is 0 Å². The monoisotopic (exact) mass is 538 g/mol. The van der Waals surface area contributed by atoms with Crippen LogP contribution in [0.2, 0.25) is 0 Å². The van der Waals surface area contributed by atoms with Gasteiger partial charge in [0.25, 0.3) is 5.91 Å². The number of guanidine groups is 1. The van der Waals surface area contributed by atoms with Crippen LogP contribution in [0, 0.1) is 6.92 Å². The molecule has 1 amide bonds. The molecule has 9 heteroatoms. The Morgan fingerprint density at radius 2 is 1.38 bits per heavy atom. The van der Waals surface area contributed by atoms with E-state index in [2.05, 4.69) is 15.6 Å². The van der Waals surface area contributed by atoms with Gasteiger partial charge in [-0.1, -0.05) is 36.4 Å². The fourth-order valence-corrected chi connectivity index (χ4v) is 4.00. The first-order valence-corrected chi connectivity index (χ1v) is 12.4. The first kappa shape index (κ1) is 27.7. The van der Waals surface area contributed by atoms with Crippen molar-refractivity contribution in [3.05, 3.63) is 107 Å². The number of nitrogens with one attached hydrogen (secondary N) is 2. The minimum Gasteiger partial charge on any atom is -0.493 e. The molecule has 0 saturated heterocycles. The topological polar surface area (TPSA) is 124 Å². The summed E-state index contributed by atoms with van der Waals surface area (Å²) in [5, 5.41) is 5.93. The Balaban J connectivity index is 1.48. The van der Waals surface area contributed by atoms with Gasteiger partial charge in [0, 0.05) is 28.1 Å². The molecule has 4 aromatic carbocycles. The van der Waals surface area contributed by atoms with E-state index in [0.29, 0.717) is 34.1 Å². The van der Waals surface area contributed by atoms with Crippen molar-refractivity contribution < 1.29 is 23.8 Å². The molecule has 0 aromatic heterocycles. The molecule has 4 rings (SSSR count). The third kappa shape index (κ3) is 6.39. The zero-order valence-electron chi connectivity index (χ0n) is 22.6. The first-order chi connectivity index (χ1) is 19.3. The smallest absolute Gasteiger partial charge is 0.258 e. The van der Waals surface area contributed by atoms with Gasteiger partial charge in [-0.3, -0.25) is 14.9 Å². The number of rotatable bonds is 9. The van der Waals surface area contributed by atoms with Crippen molar-refractivity contribution in [3.63, 3.8) is 0 Å². The SMILES string of the molecule is COc1cc(C(=O)NC(N)=Nc2ccc(C)c(Nc3ccc(C(=O)c4ccccc4)cc3)c2)cc(OC)c1OC. The van der Waals surface area contributed by atoms with Crippen molar-refractivity contribution in [3.8, 4) is 17.2 Å². The highest BCUT2D eigenvalue weighted by atomic mass is 16.5. The number of methoxy groups -OCH3 is 3. The number of anilines is 2. The second kappa shape index (κ2) is 12.5. The minimum absolute atomic E-state index is 0.0382. The number of carbonyl (C=O) groups excluding carboxylic acids is 2. The van der Waals surface area contributed by atoms with Crippen molar-refractivity contribution in [2.24, 2.45) is 10.7 Å². The van der Waals surface area contributed by atoms with E-state index in [1.165, 1.54) is 33.5 Å². The molecule has 0 aliphatic heterocycles. The maximum atomic E-state index is 12.8. The molecule has 40 heavy (non-hydrogen) atoms. The van der Waals surface area contributed by atoms with Gasteiger partial charge in [-0.2, -0.15) is 0 Å². The molecule has 204 valence electrons. The van der Waals surface area contributed by atoms with Crippen molar-refractivity contribution in [2.75, 3.05) is 26.6 Å². The third-order valence-corrected chi connectivity index (χ3v) is 6.10. The molecule has 0 unspecified atom stereocenters. The predicted octanol–water partition coefficient (Wildman–Crippen LogP) is 5.37. The molecule has 0 spiro atoms. The molecule has 0 heterocycles. The maximum Gasteiger partial charge on any atom is 0.258 e. The number of amides is 1.